The SMILES string of the molecule is CCCCCCCCC(CCCCCC)C(=O)OCCCCCCN(CCCC)CC(O)CN1C(=O)c2ccccc2C1=O. The standard InChI is InChI=1S/C37H62N2O5/c1-4-7-10-12-13-17-23-31(22-16-11-8-5-2)37(43)44-28-21-15-14-20-27-38(26-9-6-3)29-32(40)30-39-35(41)33-24-18-19-25-34(33)36(39)42/h18-19,24-25,31-32,40H,4-17,20-23,26-30H2,1-3H3. The maximum atomic E-state index is 12.9. The zero-order chi connectivity index (χ0) is 32.0. The Morgan fingerprint density at radius 3 is 1.84 bits per heavy atom. The number of fused-ring (bicyclic) bond motifs is 1. The van der Waals surface area contributed by atoms with E-state index in [-0.39, 0.29) is 30.2 Å². The van der Waals surface area contributed by atoms with Crippen LogP contribution in [0.15, 0.2) is 24.3 Å². The smallest absolute Gasteiger partial charge is 0.308 e. The van der Waals surface area contributed by atoms with Crippen LogP contribution in [0, 0.1) is 5.92 Å². The first-order valence-corrected chi connectivity index (χ1v) is 17.9. The monoisotopic (exact) mass is 614 g/mol. The predicted octanol–water partition coefficient (Wildman–Crippen LogP) is 8.19. The molecule has 2 atom stereocenters. The number of aliphatic hydroxyl groups is 1. The second-order valence-electron chi connectivity index (χ2n) is 12.8. The van der Waals surface area contributed by atoms with Crippen LogP contribution in [-0.4, -0.2) is 71.6 Å². The summed E-state index contributed by atoms with van der Waals surface area (Å²) >= 11 is 0. The first kappa shape index (κ1) is 37.9. The van der Waals surface area contributed by atoms with Crippen molar-refractivity contribution in [3.05, 3.63) is 35.4 Å². The first-order valence-electron chi connectivity index (χ1n) is 17.9. The molecule has 7 heteroatoms. The molecule has 2 amide bonds. The van der Waals surface area contributed by atoms with Gasteiger partial charge in [-0.25, -0.2) is 0 Å². The molecule has 1 aliphatic heterocycles. The summed E-state index contributed by atoms with van der Waals surface area (Å²) in [6.45, 7) is 9.29. The van der Waals surface area contributed by atoms with Gasteiger partial charge in [0.15, 0.2) is 0 Å². The number of esters is 1. The van der Waals surface area contributed by atoms with E-state index < -0.39 is 6.10 Å². The van der Waals surface area contributed by atoms with E-state index >= 15 is 0 Å². The Balaban J connectivity index is 1.67. The van der Waals surface area contributed by atoms with Crippen LogP contribution < -0.4 is 0 Å². The van der Waals surface area contributed by atoms with Crippen molar-refractivity contribution in [3.63, 3.8) is 0 Å². The summed E-state index contributed by atoms with van der Waals surface area (Å²) in [5.41, 5.74) is 0.831. The van der Waals surface area contributed by atoms with Crippen LogP contribution >= 0.6 is 0 Å². The quantitative estimate of drug-likeness (QED) is 0.0611. The number of ether oxygens (including phenoxy) is 1. The lowest BCUT2D eigenvalue weighted by Crippen LogP contribution is -2.43. The average molecular weight is 615 g/mol. The normalized spacial score (nSPS) is 14.3. The lowest BCUT2D eigenvalue weighted by atomic mass is 9.94. The number of rotatable bonds is 27. The summed E-state index contributed by atoms with van der Waals surface area (Å²) in [5, 5.41) is 10.8. The van der Waals surface area contributed by atoms with Gasteiger partial charge in [0.05, 0.1) is 36.3 Å². The molecule has 44 heavy (non-hydrogen) atoms. The number of carbonyl (C=O) groups excluding carboxylic acids is 3. The Hall–Kier alpha value is -2.25. The van der Waals surface area contributed by atoms with Crippen molar-refractivity contribution in [3.8, 4) is 0 Å². The van der Waals surface area contributed by atoms with Crippen LogP contribution in [0.5, 0.6) is 0 Å². The number of benzene rings is 1. The number of aliphatic hydroxyl groups excluding tert-OH is 1. The van der Waals surface area contributed by atoms with Crippen molar-refractivity contribution < 1.29 is 24.2 Å². The highest BCUT2D eigenvalue weighted by Gasteiger charge is 2.36. The molecule has 0 fully saturated rings. The summed E-state index contributed by atoms with van der Waals surface area (Å²) in [6, 6.07) is 6.84. The zero-order valence-electron chi connectivity index (χ0n) is 28.2. The molecule has 1 heterocycles. The fourth-order valence-corrected chi connectivity index (χ4v) is 6.10. The van der Waals surface area contributed by atoms with E-state index in [4.69, 9.17) is 4.74 Å². The third kappa shape index (κ3) is 14.2. The van der Waals surface area contributed by atoms with E-state index in [0.717, 1.165) is 77.3 Å². The van der Waals surface area contributed by atoms with Gasteiger partial charge in [0.25, 0.3) is 11.8 Å². The fraction of sp³-hybridized carbons (Fsp3) is 0.757. The highest BCUT2D eigenvalue weighted by atomic mass is 16.5. The van der Waals surface area contributed by atoms with E-state index in [0.29, 0.717) is 24.3 Å². The van der Waals surface area contributed by atoms with Crippen LogP contribution in [0.25, 0.3) is 0 Å². The van der Waals surface area contributed by atoms with Gasteiger partial charge in [-0.2, -0.15) is 0 Å². The van der Waals surface area contributed by atoms with Crippen molar-refractivity contribution in [2.24, 2.45) is 5.92 Å². The molecule has 0 saturated heterocycles. The van der Waals surface area contributed by atoms with Gasteiger partial charge in [-0.1, -0.05) is 116 Å². The molecule has 0 bridgehead atoms. The zero-order valence-corrected chi connectivity index (χ0v) is 28.2. The van der Waals surface area contributed by atoms with E-state index in [1.54, 1.807) is 24.3 Å². The minimum Gasteiger partial charge on any atom is -0.465 e. The number of nitrogens with zero attached hydrogens (tertiary/aromatic N) is 2. The van der Waals surface area contributed by atoms with Crippen LogP contribution in [0.2, 0.25) is 0 Å². The second kappa shape index (κ2) is 23.1. The Kier molecular flexibility index (Phi) is 20.0. The number of unbranched alkanes of at least 4 members (excludes halogenated alkanes) is 12. The number of hydrogen-bond acceptors (Lipinski definition) is 6. The summed E-state index contributed by atoms with van der Waals surface area (Å²) in [7, 11) is 0. The molecule has 1 aromatic carbocycles. The van der Waals surface area contributed by atoms with E-state index in [9.17, 15) is 19.5 Å². The first-order chi connectivity index (χ1) is 21.4. The minimum atomic E-state index is -0.792. The third-order valence-corrected chi connectivity index (χ3v) is 8.83. The van der Waals surface area contributed by atoms with Crippen LogP contribution in [0.3, 0.4) is 0 Å². The summed E-state index contributed by atoms with van der Waals surface area (Å²) in [6.07, 6.45) is 19.4. The fourth-order valence-electron chi connectivity index (χ4n) is 6.10. The summed E-state index contributed by atoms with van der Waals surface area (Å²) < 4.78 is 5.75. The second-order valence-corrected chi connectivity index (χ2v) is 12.8. The number of carbonyl (C=O) groups is 3. The molecule has 0 radical (unpaired) electrons. The maximum absolute atomic E-state index is 12.9. The van der Waals surface area contributed by atoms with Gasteiger partial charge in [-0.05, 0) is 57.3 Å². The maximum Gasteiger partial charge on any atom is 0.308 e. The van der Waals surface area contributed by atoms with Crippen molar-refractivity contribution in [1.29, 1.82) is 0 Å². The largest absolute Gasteiger partial charge is 0.465 e. The van der Waals surface area contributed by atoms with Crippen molar-refractivity contribution in [2.45, 2.75) is 142 Å². The van der Waals surface area contributed by atoms with Gasteiger partial charge in [0, 0.05) is 6.54 Å². The third-order valence-electron chi connectivity index (χ3n) is 8.83. The molecule has 0 spiro atoms. The van der Waals surface area contributed by atoms with E-state index in [1.165, 1.54) is 56.3 Å². The number of β-amino-alcohol motifs (C(OH)–C–C–N with tert-alkyl or cyclic N) is 1. The molecule has 2 unspecified atom stereocenters. The van der Waals surface area contributed by atoms with Gasteiger partial charge in [0.2, 0.25) is 0 Å². The van der Waals surface area contributed by atoms with Gasteiger partial charge in [-0.3, -0.25) is 19.3 Å². The lowest BCUT2D eigenvalue weighted by Gasteiger charge is -2.27. The summed E-state index contributed by atoms with van der Waals surface area (Å²) in [4.78, 5) is 41.7. The molecule has 1 aliphatic rings. The van der Waals surface area contributed by atoms with Crippen LogP contribution in [0.1, 0.15) is 157 Å². The lowest BCUT2D eigenvalue weighted by molar-refractivity contribution is -0.149. The van der Waals surface area contributed by atoms with E-state index in [1.807, 2.05) is 0 Å². The molecular weight excluding hydrogens is 552 g/mol. The van der Waals surface area contributed by atoms with Crippen molar-refractivity contribution >= 4 is 17.8 Å². The van der Waals surface area contributed by atoms with Crippen LogP contribution in [0.4, 0.5) is 0 Å². The molecular formula is C37H62N2O5. The van der Waals surface area contributed by atoms with Gasteiger partial charge >= 0.3 is 5.97 Å². The molecule has 0 saturated carbocycles. The van der Waals surface area contributed by atoms with E-state index in [2.05, 4.69) is 25.7 Å². The average Bonchev–Trinajstić information content (AvgIpc) is 3.26. The molecule has 0 aromatic heterocycles. The minimum absolute atomic E-state index is 0.00727. The van der Waals surface area contributed by atoms with Crippen LogP contribution in [-0.2, 0) is 9.53 Å². The molecule has 0 aliphatic carbocycles. The highest BCUT2D eigenvalue weighted by molar-refractivity contribution is 6.21. The Morgan fingerprint density at radius 2 is 1.23 bits per heavy atom. The number of hydrogen-bond donors (Lipinski definition) is 1. The summed E-state index contributed by atoms with van der Waals surface area (Å²) in [5.74, 6) is -0.587. The Bertz CT molecular complexity index is 917. The Labute approximate surface area is 268 Å². The Morgan fingerprint density at radius 1 is 0.727 bits per heavy atom. The van der Waals surface area contributed by atoms with Crippen molar-refractivity contribution in [2.75, 3.05) is 32.8 Å². The molecule has 1 N–H and O–H groups in total. The van der Waals surface area contributed by atoms with Gasteiger partial charge in [0.1, 0.15) is 0 Å². The predicted molar refractivity (Wildman–Crippen MR) is 179 cm³/mol. The van der Waals surface area contributed by atoms with Crippen molar-refractivity contribution in [1.82, 2.24) is 9.80 Å². The van der Waals surface area contributed by atoms with Gasteiger partial charge < -0.3 is 14.7 Å². The molecule has 2 rings (SSSR count). The highest BCUT2D eigenvalue weighted by Crippen LogP contribution is 2.23. The molecule has 1 aromatic rings. The van der Waals surface area contributed by atoms with Gasteiger partial charge in [-0.15, -0.1) is 0 Å². The molecule has 250 valence electrons. The topological polar surface area (TPSA) is 87.2 Å². The number of imide groups is 1. The molecule has 7 nitrogen and oxygen atoms in total. The number of amides is 2.